The first kappa shape index (κ1) is 59.9. The van der Waals surface area contributed by atoms with Gasteiger partial charge in [0.05, 0.1) is 171 Å². The number of phenols is 1. The number of hydrogen-bond acceptors (Lipinski definition) is 18. The molecule has 396 valence electrons. The number of unbranched alkanes of at least 4 members (excludes halogenated alkanes) is 1. The highest BCUT2D eigenvalue weighted by Gasteiger charge is 2.42. The molecule has 6 N–H and O–H groups in total. The van der Waals surface area contributed by atoms with Gasteiger partial charge in [0.2, 0.25) is 11.8 Å². The van der Waals surface area contributed by atoms with Gasteiger partial charge in [0.1, 0.15) is 11.8 Å². The second-order valence-corrected chi connectivity index (χ2v) is 16.9. The lowest BCUT2D eigenvalue weighted by Crippen LogP contribution is -2.42. The van der Waals surface area contributed by atoms with Crippen LogP contribution >= 0.6 is 11.8 Å². The Morgan fingerprint density at radius 2 is 0.986 bits per heavy atom. The molecular formula is C46H78N4O18S. The molecule has 0 saturated carbocycles. The van der Waals surface area contributed by atoms with Crippen molar-refractivity contribution in [2.45, 2.75) is 61.9 Å². The average molecular weight is 1010 g/mol. The number of aliphatic carboxylic acids is 1. The highest BCUT2D eigenvalue weighted by atomic mass is 32.2. The largest absolute Gasteiger partial charge is 0.508 e. The number of nitrogens with one attached hydrogen (secondary N) is 4. The van der Waals surface area contributed by atoms with Crippen molar-refractivity contribution in [1.29, 1.82) is 0 Å². The first-order valence-corrected chi connectivity index (χ1v) is 25.0. The fourth-order valence-electron chi connectivity index (χ4n) is 6.65. The molecule has 4 amide bonds. The first-order valence-electron chi connectivity index (χ1n) is 24.0. The number of phenolic OH excluding ortho intramolecular Hbond substituents is 1. The van der Waals surface area contributed by atoms with Crippen molar-refractivity contribution in [2.75, 3.05) is 171 Å². The maximum Gasteiger partial charge on any atom is 0.326 e. The minimum Gasteiger partial charge on any atom is -0.508 e. The number of carbonyl (C=O) groups is 4. The van der Waals surface area contributed by atoms with E-state index in [0.717, 1.165) is 25.0 Å². The smallest absolute Gasteiger partial charge is 0.326 e. The molecule has 2 aliphatic rings. The molecule has 1 aromatic rings. The number of amides is 4. The molecule has 0 radical (unpaired) electrons. The van der Waals surface area contributed by atoms with E-state index in [4.69, 9.17) is 56.8 Å². The summed E-state index contributed by atoms with van der Waals surface area (Å²) in [6.45, 7) is 10.6. The van der Waals surface area contributed by atoms with E-state index < -0.39 is 17.9 Å². The molecule has 1 aromatic carbocycles. The maximum absolute atomic E-state index is 12.1. The molecule has 0 aromatic heterocycles. The van der Waals surface area contributed by atoms with E-state index in [2.05, 4.69) is 21.3 Å². The lowest BCUT2D eigenvalue weighted by molar-refractivity contribution is -0.142. The van der Waals surface area contributed by atoms with E-state index in [1.165, 1.54) is 12.1 Å². The number of ether oxygens (including phenoxy) is 12. The third-order valence-corrected chi connectivity index (χ3v) is 11.7. The predicted octanol–water partition coefficient (Wildman–Crippen LogP) is 0.935. The van der Waals surface area contributed by atoms with Crippen LogP contribution in [0.4, 0.5) is 4.79 Å². The van der Waals surface area contributed by atoms with Gasteiger partial charge in [-0.05, 0) is 30.5 Å². The second-order valence-electron chi connectivity index (χ2n) is 15.6. The number of carboxylic acid groups (broad SMARTS) is 1. The van der Waals surface area contributed by atoms with Gasteiger partial charge in [-0.1, -0.05) is 18.6 Å². The van der Waals surface area contributed by atoms with Gasteiger partial charge in [-0.25, -0.2) is 9.59 Å². The minimum atomic E-state index is -1.14. The molecule has 2 saturated heterocycles. The van der Waals surface area contributed by atoms with E-state index in [1.54, 1.807) is 12.1 Å². The Balaban J connectivity index is 0.898. The number of urea groups is 1. The van der Waals surface area contributed by atoms with Gasteiger partial charge in [-0.2, -0.15) is 11.8 Å². The van der Waals surface area contributed by atoms with Crippen LogP contribution in [0.15, 0.2) is 24.3 Å². The molecular weight excluding hydrogens is 929 g/mol. The van der Waals surface area contributed by atoms with Crippen molar-refractivity contribution in [3.05, 3.63) is 29.8 Å². The van der Waals surface area contributed by atoms with Gasteiger partial charge in [0, 0.05) is 36.8 Å². The minimum absolute atomic E-state index is 0.0194. The number of carboxylic acids is 1. The lowest BCUT2D eigenvalue weighted by Gasteiger charge is -2.16. The Labute approximate surface area is 410 Å². The Bertz CT molecular complexity index is 1470. The standard InChI is InChI=1S/C46H78N4O18S/c51-38-7-5-37(6-8-38)35-39(45(54)55)48-43(53)9-11-57-13-15-59-17-19-61-21-23-63-25-27-65-29-31-67-33-34-68-32-30-66-28-26-64-24-22-62-20-18-60-16-14-58-12-10-47-42(52)4-2-1-3-41-44-40(36-69-41)49-46(56)50-44/h5-8,39-41,44,51H,1-4,9-36H2,(H,47,52)(H,48,53)(H,54,55)(H2,49,50,56). The van der Waals surface area contributed by atoms with Crippen LogP contribution in [0, 0.1) is 0 Å². The predicted molar refractivity (Wildman–Crippen MR) is 253 cm³/mol. The molecule has 2 heterocycles. The van der Waals surface area contributed by atoms with Crippen molar-refractivity contribution in [3.63, 3.8) is 0 Å². The number of rotatable bonds is 48. The van der Waals surface area contributed by atoms with Gasteiger partial charge >= 0.3 is 12.0 Å². The van der Waals surface area contributed by atoms with Crippen molar-refractivity contribution in [2.24, 2.45) is 0 Å². The highest BCUT2D eigenvalue weighted by molar-refractivity contribution is 8.00. The molecule has 69 heavy (non-hydrogen) atoms. The zero-order chi connectivity index (χ0) is 49.3. The third-order valence-electron chi connectivity index (χ3n) is 10.2. The van der Waals surface area contributed by atoms with Crippen molar-refractivity contribution in [3.8, 4) is 5.75 Å². The zero-order valence-electron chi connectivity index (χ0n) is 40.1. The highest BCUT2D eigenvalue weighted by Crippen LogP contribution is 2.33. The summed E-state index contributed by atoms with van der Waals surface area (Å²) in [6.07, 6.45) is 3.42. The van der Waals surface area contributed by atoms with E-state index in [-0.39, 0.29) is 55.8 Å². The molecule has 0 spiro atoms. The molecule has 4 unspecified atom stereocenters. The van der Waals surface area contributed by atoms with E-state index in [9.17, 15) is 29.4 Å². The average Bonchev–Trinajstić information content (AvgIpc) is 3.90. The van der Waals surface area contributed by atoms with Gasteiger partial charge in [0.25, 0.3) is 0 Å². The van der Waals surface area contributed by atoms with Crippen LogP contribution in [-0.4, -0.2) is 228 Å². The van der Waals surface area contributed by atoms with Crippen molar-refractivity contribution < 1.29 is 86.2 Å². The fourth-order valence-corrected chi connectivity index (χ4v) is 8.19. The summed E-state index contributed by atoms with van der Waals surface area (Å²) in [6, 6.07) is 5.45. The number of carbonyl (C=O) groups excluding carboxylic acids is 3. The number of fused-ring (bicyclic) bond motifs is 1. The Kier molecular flexibility index (Phi) is 35.8. The molecule has 3 rings (SSSR count). The van der Waals surface area contributed by atoms with Gasteiger partial charge < -0.3 is 88.3 Å². The Morgan fingerprint density at radius 1 is 0.565 bits per heavy atom. The van der Waals surface area contributed by atoms with Crippen LogP contribution in [0.25, 0.3) is 0 Å². The monoisotopic (exact) mass is 1010 g/mol. The lowest BCUT2D eigenvalue weighted by atomic mass is 10.0. The third kappa shape index (κ3) is 32.2. The topological polar surface area (TPSA) is 268 Å². The molecule has 2 aliphatic heterocycles. The number of thioether (sulfide) groups is 1. The van der Waals surface area contributed by atoms with Gasteiger partial charge in [-0.3, -0.25) is 9.59 Å². The number of benzene rings is 1. The van der Waals surface area contributed by atoms with Crippen molar-refractivity contribution >= 4 is 35.6 Å². The quantitative estimate of drug-likeness (QED) is 0.0392. The summed E-state index contributed by atoms with van der Waals surface area (Å²) < 4.78 is 65.8. The Morgan fingerprint density at radius 3 is 1.42 bits per heavy atom. The van der Waals surface area contributed by atoms with Crippen LogP contribution in [0.2, 0.25) is 0 Å². The van der Waals surface area contributed by atoms with Crippen LogP contribution in [0.5, 0.6) is 5.75 Å². The summed E-state index contributed by atoms with van der Waals surface area (Å²) in [4.78, 5) is 47.2. The second kappa shape index (κ2) is 41.2. The Hall–Kier alpha value is -3.43. The maximum atomic E-state index is 12.1. The molecule has 0 aliphatic carbocycles. The fraction of sp³-hybridized carbons (Fsp3) is 0.783. The van der Waals surface area contributed by atoms with E-state index in [0.29, 0.717) is 169 Å². The van der Waals surface area contributed by atoms with Crippen LogP contribution < -0.4 is 21.3 Å². The zero-order valence-corrected chi connectivity index (χ0v) is 40.9. The summed E-state index contributed by atoms with van der Waals surface area (Å²) in [5.41, 5.74) is 0.681. The number of hydrogen-bond donors (Lipinski definition) is 6. The van der Waals surface area contributed by atoms with Gasteiger partial charge in [0.15, 0.2) is 0 Å². The molecule has 23 heteroatoms. The SMILES string of the molecule is O=C(CCCCC1SCC2NC(=O)NC21)NCCOCCOCCOCCOCCOCCOCCOCCOCCOCCOCCOCCOCCC(=O)NC(Cc1ccc(O)cc1)C(=O)O. The summed E-state index contributed by atoms with van der Waals surface area (Å²) >= 11 is 1.90. The van der Waals surface area contributed by atoms with Crippen LogP contribution in [0.3, 0.4) is 0 Å². The molecule has 22 nitrogen and oxygen atoms in total. The summed E-state index contributed by atoms with van der Waals surface area (Å²) in [5, 5.41) is 30.5. The number of aromatic hydroxyl groups is 1. The summed E-state index contributed by atoms with van der Waals surface area (Å²) in [7, 11) is 0. The van der Waals surface area contributed by atoms with Crippen molar-refractivity contribution in [1.82, 2.24) is 21.3 Å². The summed E-state index contributed by atoms with van der Waals surface area (Å²) in [5.74, 6) is -0.504. The normalized spacial score (nSPS) is 16.8. The van der Waals surface area contributed by atoms with E-state index in [1.807, 2.05) is 11.8 Å². The van der Waals surface area contributed by atoms with Gasteiger partial charge in [-0.15, -0.1) is 0 Å². The first-order chi connectivity index (χ1) is 33.8. The van der Waals surface area contributed by atoms with E-state index >= 15 is 0 Å². The molecule has 0 bridgehead atoms. The van der Waals surface area contributed by atoms with Crippen LogP contribution in [0.1, 0.15) is 37.7 Å². The molecule has 4 atom stereocenters. The molecule has 2 fully saturated rings. The van der Waals surface area contributed by atoms with Crippen LogP contribution in [-0.2, 0) is 77.6 Å².